The SMILES string of the molecule is CC(C)c1ccc(-n2c(CCC(=O)NCc3cc(F)ccc3F)cc3c2-c2ccccc2OC3)cc1. The number of benzene rings is 3. The standard InChI is InChI=1S/C30H28F2N2O2/c1-19(2)20-7-10-24(11-8-20)34-25(16-22-18-36-28-6-4-3-5-26(28)30(22)34)12-14-29(35)33-17-21-15-23(31)9-13-27(21)32/h3-11,13,15-16,19H,12,14,17-18H2,1-2H3,(H,33,35). The molecule has 1 aliphatic heterocycles. The van der Waals surface area contributed by atoms with Gasteiger partial charge in [0.25, 0.3) is 0 Å². The van der Waals surface area contributed by atoms with Crippen molar-refractivity contribution in [1.82, 2.24) is 9.88 Å². The number of para-hydroxylation sites is 1. The van der Waals surface area contributed by atoms with Gasteiger partial charge in [0.1, 0.15) is 24.0 Å². The number of hydrogen-bond donors (Lipinski definition) is 1. The first-order chi connectivity index (χ1) is 17.4. The summed E-state index contributed by atoms with van der Waals surface area (Å²) in [5.41, 5.74) is 6.56. The molecule has 36 heavy (non-hydrogen) atoms. The van der Waals surface area contributed by atoms with Gasteiger partial charge in [-0.1, -0.05) is 38.1 Å². The zero-order chi connectivity index (χ0) is 25.2. The van der Waals surface area contributed by atoms with E-state index in [-0.39, 0.29) is 24.4 Å². The van der Waals surface area contributed by atoms with E-state index in [0.717, 1.165) is 52.2 Å². The number of hydrogen-bond acceptors (Lipinski definition) is 2. The van der Waals surface area contributed by atoms with Gasteiger partial charge < -0.3 is 14.6 Å². The molecule has 1 aliphatic rings. The van der Waals surface area contributed by atoms with Gasteiger partial charge in [-0.15, -0.1) is 0 Å². The molecule has 6 heteroatoms. The highest BCUT2D eigenvalue weighted by Gasteiger charge is 2.25. The summed E-state index contributed by atoms with van der Waals surface area (Å²) in [5.74, 6) is -0.0320. The van der Waals surface area contributed by atoms with Gasteiger partial charge in [0.2, 0.25) is 5.91 Å². The molecule has 0 bridgehead atoms. The predicted molar refractivity (Wildman–Crippen MR) is 136 cm³/mol. The quantitative estimate of drug-likeness (QED) is 0.316. The molecular formula is C30H28F2N2O2. The molecule has 2 heterocycles. The third-order valence-electron chi connectivity index (χ3n) is 6.59. The summed E-state index contributed by atoms with van der Waals surface area (Å²) in [6.07, 6.45) is 0.699. The van der Waals surface area contributed by atoms with Crippen molar-refractivity contribution in [2.75, 3.05) is 0 Å². The third-order valence-corrected chi connectivity index (χ3v) is 6.59. The van der Waals surface area contributed by atoms with Crippen LogP contribution in [0.4, 0.5) is 8.78 Å². The minimum atomic E-state index is -0.540. The van der Waals surface area contributed by atoms with Crippen molar-refractivity contribution in [3.05, 3.63) is 107 Å². The van der Waals surface area contributed by atoms with Gasteiger partial charge in [0, 0.05) is 41.0 Å². The lowest BCUT2D eigenvalue weighted by atomic mass is 10.0. The molecule has 3 aromatic carbocycles. The summed E-state index contributed by atoms with van der Waals surface area (Å²) < 4.78 is 35.5. The molecule has 5 rings (SSSR count). The topological polar surface area (TPSA) is 43.3 Å². The highest BCUT2D eigenvalue weighted by molar-refractivity contribution is 5.77. The fourth-order valence-electron chi connectivity index (χ4n) is 4.66. The Morgan fingerprint density at radius 3 is 2.58 bits per heavy atom. The second-order valence-electron chi connectivity index (χ2n) is 9.39. The highest BCUT2D eigenvalue weighted by Crippen LogP contribution is 2.41. The Labute approximate surface area is 209 Å². The number of aromatic nitrogens is 1. The van der Waals surface area contributed by atoms with E-state index < -0.39 is 11.6 Å². The molecule has 0 aliphatic carbocycles. The molecule has 4 nitrogen and oxygen atoms in total. The fourth-order valence-corrected chi connectivity index (χ4v) is 4.66. The van der Waals surface area contributed by atoms with Crippen LogP contribution < -0.4 is 10.1 Å². The minimum absolute atomic E-state index is 0.0577. The normalized spacial score (nSPS) is 12.1. The summed E-state index contributed by atoms with van der Waals surface area (Å²) in [5, 5.41) is 2.71. The Balaban J connectivity index is 1.42. The Kier molecular flexibility index (Phi) is 6.59. The Hall–Kier alpha value is -3.93. The molecule has 1 amide bonds. The third kappa shape index (κ3) is 4.76. The maximum atomic E-state index is 13.9. The summed E-state index contributed by atoms with van der Waals surface area (Å²) in [6.45, 7) is 4.74. The highest BCUT2D eigenvalue weighted by atomic mass is 19.1. The number of carbonyl (C=O) groups is 1. The number of nitrogens with zero attached hydrogens (tertiary/aromatic N) is 1. The lowest BCUT2D eigenvalue weighted by Crippen LogP contribution is -2.24. The molecule has 0 saturated heterocycles. The zero-order valence-corrected chi connectivity index (χ0v) is 20.4. The number of fused-ring (bicyclic) bond motifs is 3. The van der Waals surface area contributed by atoms with E-state index in [4.69, 9.17) is 4.74 Å². The van der Waals surface area contributed by atoms with Gasteiger partial charge in [-0.25, -0.2) is 8.78 Å². The summed E-state index contributed by atoms with van der Waals surface area (Å²) >= 11 is 0. The van der Waals surface area contributed by atoms with Crippen molar-refractivity contribution in [2.45, 2.75) is 45.8 Å². The number of carbonyl (C=O) groups excluding carboxylic acids is 1. The lowest BCUT2D eigenvalue weighted by Gasteiger charge is -2.21. The number of aryl methyl sites for hydroxylation is 1. The van der Waals surface area contributed by atoms with E-state index in [1.165, 1.54) is 5.56 Å². The first kappa shape index (κ1) is 23.8. The number of halogens is 2. The van der Waals surface area contributed by atoms with Crippen molar-refractivity contribution in [3.63, 3.8) is 0 Å². The molecule has 4 aromatic rings. The minimum Gasteiger partial charge on any atom is -0.488 e. The van der Waals surface area contributed by atoms with Crippen LogP contribution in [0.1, 0.15) is 48.6 Å². The molecular weight excluding hydrogens is 458 g/mol. The van der Waals surface area contributed by atoms with Gasteiger partial charge >= 0.3 is 0 Å². The maximum absolute atomic E-state index is 13.9. The van der Waals surface area contributed by atoms with Crippen LogP contribution in [0.15, 0.2) is 72.8 Å². The summed E-state index contributed by atoms with van der Waals surface area (Å²) in [4.78, 5) is 12.6. The maximum Gasteiger partial charge on any atom is 0.220 e. The van der Waals surface area contributed by atoms with Gasteiger partial charge in [0.05, 0.1) is 5.69 Å². The molecule has 0 spiro atoms. The van der Waals surface area contributed by atoms with Crippen LogP contribution >= 0.6 is 0 Å². The lowest BCUT2D eigenvalue weighted by molar-refractivity contribution is -0.121. The van der Waals surface area contributed by atoms with Crippen molar-refractivity contribution in [1.29, 1.82) is 0 Å². The molecule has 1 N–H and O–H groups in total. The molecule has 0 unspecified atom stereocenters. The predicted octanol–water partition coefficient (Wildman–Crippen LogP) is 6.69. The van der Waals surface area contributed by atoms with E-state index >= 15 is 0 Å². The molecule has 184 valence electrons. The average molecular weight is 487 g/mol. The van der Waals surface area contributed by atoms with Crippen LogP contribution in [0.3, 0.4) is 0 Å². The van der Waals surface area contributed by atoms with E-state index in [0.29, 0.717) is 18.9 Å². The smallest absolute Gasteiger partial charge is 0.220 e. The molecule has 1 aromatic heterocycles. The van der Waals surface area contributed by atoms with Gasteiger partial charge in [0.15, 0.2) is 0 Å². The monoisotopic (exact) mass is 486 g/mol. The van der Waals surface area contributed by atoms with Gasteiger partial charge in [-0.3, -0.25) is 4.79 Å². The summed E-state index contributed by atoms with van der Waals surface area (Å²) in [6, 6.07) is 21.8. The summed E-state index contributed by atoms with van der Waals surface area (Å²) in [7, 11) is 0. The molecule has 0 saturated carbocycles. The second kappa shape index (κ2) is 9.97. The largest absolute Gasteiger partial charge is 0.488 e. The van der Waals surface area contributed by atoms with Gasteiger partial charge in [-0.05, 0) is 66.4 Å². The van der Waals surface area contributed by atoms with Crippen molar-refractivity contribution in [3.8, 4) is 22.7 Å². The van der Waals surface area contributed by atoms with E-state index in [9.17, 15) is 13.6 Å². The fraction of sp³-hybridized carbons (Fsp3) is 0.233. The molecule has 0 fully saturated rings. The first-order valence-electron chi connectivity index (χ1n) is 12.2. The Bertz CT molecular complexity index is 1410. The first-order valence-corrected chi connectivity index (χ1v) is 12.2. The van der Waals surface area contributed by atoms with Crippen LogP contribution in [0.5, 0.6) is 5.75 Å². The van der Waals surface area contributed by atoms with Crippen molar-refractivity contribution < 1.29 is 18.3 Å². The van der Waals surface area contributed by atoms with Crippen molar-refractivity contribution >= 4 is 5.91 Å². The van der Waals surface area contributed by atoms with Crippen LogP contribution in [-0.2, 0) is 24.4 Å². The van der Waals surface area contributed by atoms with E-state index in [1.807, 2.05) is 18.2 Å². The van der Waals surface area contributed by atoms with E-state index in [1.54, 1.807) is 0 Å². The second-order valence-corrected chi connectivity index (χ2v) is 9.39. The number of ether oxygens (including phenoxy) is 1. The zero-order valence-electron chi connectivity index (χ0n) is 20.4. The van der Waals surface area contributed by atoms with Crippen LogP contribution in [-0.4, -0.2) is 10.5 Å². The van der Waals surface area contributed by atoms with Crippen molar-refractivity contribution in [2.24, 2.45) is 0 Å². The number of amides is 1. The van der Waals surface area contributed by atoms with E-state index in [2.05, 4.69) is 60.1 Å². The molecule has 0 radical (unpaired) electrons. The number of nitrogens with one attached hydrogen (secondary N) is 1. The number of rotatable bonds is 7. The van der Waals surface area contributed by atoms with Crippen LogP contribution in [0.25, 0.3) is 16.9 Å². The molecule has 0 atom stereocenters. The Morgan fingerprint density at radius 1 is 1.03 bits per heavy atom. The van der Waals surface area contributed by atoms with Gasteiger partial charge in [-0.2, -0.15) is 0 Å². The van der Waals surface area contributed by atoms with Crippen LogP contribution in [0.2, 0.25) is 0 Å². The average Bonchev–Trinajstić information content (AvgIpc) is 3.27. The van der Waals surface area contributed by atoms with Crippen LogP contribution in [0, 0.1) is 11.6 Å². The Morgan fingerprint density at radius 2 is 1.81 bits per heavy atom.